The first-order chi connectivity index (χ1) is 14.0. The number of piperidine rings is 1. The molecule has 0 saturated carbocycles. The molecule has 0 N–H and O–H groups in total. The molecule has 2 aromatic rings. The predicted octanol–water partition coefficient (Wildman–Crippen LogP) is 5.72. The van der Waals surface area contributed by atoms with Gasteiger partial charge >= 0.3 is 0 Å². The highest BCUT2D eigenvalue weighted by molar-refractivity contribution is 9.10. The molecule has 156 valence electrons. The molecule has 1 unspecified atom stereocenters. The molecule has 0 bridgehead atoms. The molecule has 1 saturated heterocycles. The fraction of sp³-hybridized carbons (Fsp3) is 0.520. The summed E-state index contributed by atoms with van der Waals surface area (Å²) < 4.78 is 7.10. The largest absolute Gasteiger partial charge is 0.491 e. The summed E-state index contributed by atoms with van der Waals surface area (Å²) in [6.45, 7) is 8.93. The van der Waals surface area contributed by atoms with Crippen molar-refractivity contribution in [2.45, 2.75) is 45.1 Å². The van der Waals surface area contributed by atoms with Crippen molar-refractivity contribution in [1.82, 2.24) is 4.90 Å². The minimum Gasteiger partial charge on any atom is -0.491 e. The third-order valence-electron chi connectivity index (χ3n) is 6.37. The Morgan fingerprint density at radius 2 is 1.86 bits per heavy atom. The number of likely N-dealkylation sites (tertiary alicyclic amines) is 1. The third kappa shape index (κ3) is 4.97. The van der Waals surface area contributed by atoms with Gasteiger partial charge in [-0.15, -0.1) is 0 Å². The van der Waals surface area contributed by atoms with Crippen molar-refractivity contribution in [3.63, 3.8) is 0 Å². The van der Waals surface area contributed by atoms with Gasteiger partial charge in [-0.3, -0.25) is 0 Å². The van der Waals surface area contributed by atoms with Gasteiger partial charge in [-0.1, -0.05) is 34.1 Å². The SMILES string of the molecule is CC(C)Oc1ccc(Br)c(CC2CCN(CC3CN(C)c4ccccc43)CC2)c1. The summed E-state index contributed by atoms with van der Waals surface area (Å²) in [4.78, 5) is 5.10. The first-order valence-corrected chi connectivity index (χ1v) is 11.8. The van der Waals surface area contributed by atoms with Crippen molar-refractivity contribution in [2.75, 3.05) is 38.1 Å². The summed E-state index contributed by atoms with van der Waals surface area (Å²) in [5.41, 5.74) is 4.33. The Morgan fingerprint density at radius 1 is 1.10 bits per heavy atom. The van der Waals surface area contributed by atoms with Crippen LogP contribution in [-0.2, 0) is 6.42 Å². The van der Waals surface area contributed by atoms with E-state index in [0.717, 1.165) is 24.6 Å². The van der Waals surface area contributed by atoms with E-state index < -0.39 is 0 Å². The number of rotatable bonds is 6. The monoisotopic (exact) mass is 456 g/mol. The first-order valence-electron chi connectivity index (χ1n) is 11.0. The number of para-hydroxylation sites is 1. The second-order valence-electron chi connectivity index (χ2n) is 9.00. The zero-order valence-electron chi connectivity index (χ0n) is 17.9. The summed E-state index contributed by atoms with van der Waals surface area (Å²) in [6, 6.07) is 15.3. The molecule has 0 radical (unpaired) electrons. The number of benzene rings is 2. The molecular weight excluding hydrogens is 424 g/mol. The van der Waals surface area contributed by atoms with Crippen LogP contribution in [0.5, 0.6) is 5.75 Å². The summed E-state index contributed by atoms with van der Waals surface area (Å²) in [5.74, 6) is 2.39. The van der Waals surface area contributed by atoms with Gasteiger partial charge in [0.1, 0.15) is 5.75 Å². The van der Waals surface area contributed by atoms with Gasteiger partial charge in [-0.05, 0) is 87.5 Å². The van der Waals surface area contributed by atoms with Gasteiger partial charge < -0.3 is 14.5 Å². The van der Waals surface area contributed by atoms with Crippen molar-refractivity contribution < 1.29 is 4.74 Å². The molecular formula is C25H33BrN2O. The molecule has 1 fully saturated rings. The van der Waals surface area contributed by atoms with E-state index in [4.69, 9.17) is 4.74 Å². The maximum Gasteiger partial charge on any atom is 0.120 e. The fourth-order valence-electron chi connectivity index (χ4n) is 4.91. The van der Waals surface area contributed by atoms with Crippen LogP contribution in [0.15, 0.2) is 46.9 Å². The maximum absolute atomic E-state index is 5.89. The normalized spacial score (nSPS) is 20.3. The van der Waals surface area contributed by atoms with Gasteiger partial charge in [-0.25, -0.2) is 0 Å². The lowest BCUT2D eigenvalue weighted by atomic mass is 9.89. The van der Waals surface area contributed by atoms with Gasteiger partial charge in [-0.2, -0.15) is 0 Å². The Balaban J connectivity index is 1.31. The Morgan fingerprint density at radius 3 is 2.62 bits per heavy atom. The summed E-state index contributed by atoms with van der Waals surface area (Å²) in [5, 5.41) is 0. The molecule has 0 aromatic heterocycles. The molecule has 2 heterocycles. The maximum atomic E-state index is 5.89. The van der Waals surface area contributed by atoms with Gasteiger partial charge in [0.2, 0.25) is 0 Å². The Hall–Kier alpha value is -1.52. The molecule has 0 spiro atoms. The summed E-state index contributed by atoms with van der Waals surface area (Å²) in [7, 11) is 2.22. The third-order valence-corrected chi connectivity index (χ3v) is 7.14. The smallest absolute Gasteiger partial charge is 0.120 e. The number of nitrogens with zero attached hydrogens (tertiary/aromatic N) is 2. The number of fused-ring (bicyclic) bond motifs is 1. The topological polar surface area (TPSA) is 15.7 Å². The van der Waals surface area contributed by atoms with Crippen LogP contribution in [0.2, 0.25) is 0 Å². The van der Waals surface area contributed by atoms with Crippen molar-refractivity contribution >= 4 is 21.6 Å². The van der Waals surface area contributed by atoms with Gasteiger partial charge in [0.05, 0.1) is 6.10 Å². The number of hydrogen-bond donors (Lipinski definition) is 0. The lowest BCUT2D eigenvalue weighted by Gasteiger charge is -2.34. The molecule has 2 aliphatic heterocycles. The number of anilines is 1. The zero-order valence-corrected chi connectivity index (χ0v) is 19.5. The van der Waals surface area contributed by atoms with Crippen molar-refractivity contribution in [1.29, 1.82) is 0 Å². The van der Waals surface area contributed by atoms with E-state index >= 15 is 0 Å². The highest BCUT2D eigenvalue weighted by atomic mass is 79.9. The minimum absolute atomic E-state index is 0.215. The van der Waals surface area contributed by atoms with Crippen molar-refractivity contribution in [3.8, 4) is 5.75 Å². The quantitative estimate of drug-likeness (QED) is 0.552. The standard InChI is InChI=1S/C25H33BrN2O/c1-18(2)29-22-8-9-24(26)20(15-22)14-19-10-12-28(13-11-19)17-21-16-27(3)25-7-5-4-6-23(21)25/h4-9,15,18-19,21H,10-14,16-17H2,1-3H3. The molecule has 1 atom stereocenters. The lowest BCUT2D eigenvalue weighted by Crippen LogP contribution is -2.37. The average Bonchev–Trinajstić information content (AvgIpc) is 3.01. The van der Waals surface area contributed by atoms with Crippen molar-refractivity contribution in [2.24, 2.45) is 5.92 Å². The number of hydrogen-bond acceptors (Lipinski definition) is 3. The number of halogens is 1. The van der Waals surface area contributed by atoms with Crippen LogP contribution in [-0.4, -0.2) is 44.2 Å². The van der Waals surface area contributed by atoms with Crippen molar-refractivity contribution in [3.05, 3.63) is 58.1 Å². The molecule has 4 rings (SSSR count). The van der Waals surface area contributed by atoms with Crippen LogP contribution in [0.25, 0.3) is 0 Å². The Labute approximate surface area is 184 Å². The van der Waals surface area contributed by atoms with E-state index in [1.165, 1.54) is 53.8 Å². The Bertz CT molecular complexity index is 829. The van der Waals surface area contributed by atoms with E-state index in [1.807, 2.05) is 0 Å². The van der Waals surface area contributed by atoms with Gasteiger partial charge in [0.25, 0.3) is 0 Å². The lowest BCUT2D eigenvalue weighted by molar-refractivity contribution is 0.176. The number of likely N-dealkylation sites (N-methyl/N-ethyl adjacent to an activating group) is 1. The van der Waals surface area contributed by atoms with E-state index in [0.29, 0.717) is 5.92 Å². The average molecular weight is 457 g/mol. The minimum atomic E-state index is 0.215. The Kier molecular flexibility index (Phi) is 6.50. The van der Waals surface area contributed by atoms with E-state index in [-0.39, 0.29) is 6.10 Å². The van der Waals surface area contributed by atoms with E-state index in [9.17, 15) is 0 Å². The predicted molar refractivity (Wildman–Crippen MR) is 125 cm³/mol. The van der Waals surface area contributed by atoms with Crippen LogP contribution in [0.3, 0.4) is 0 Å². The molecule has 0 aliphatic carbocycles. The molecule has 29 heavy (non-hydrogen) atoms. The summed E-state index contributed by atoms with van der Waals surface area (Å²) >= 11 is 3.74. The zero-order chi connectivity index (χ0) is 20.4. The fourth-order valence-corrected chi connectivity index (χ4v) is 5.32. The second kappa shape index (κ2) is 9.09. The van der Waals surface area contributed by atoms with E-state index in [2.05, 4.69) is 89.1 Å². The molecule has 2 aliphatic rings. The van der Waals surface area contributed by atoms with Crippen LogP contribution in [0.4, 0.5) is 5.69 Å². The van der Waals surface area contributed by atoms with Crippen LogP contribution in [0.1, 0.15) is 43.7 Å². The number of ether oxygens (including phenoxy) is 1. The second-order valence-corrected chi connectivity index (χ2v) is 9.86. The van der Waals surface area contributed by atoms with Crippen LogP contribution >= 0.6 is 15.9 Å². The highest BCUT2D eigenvalue weighted by Gasteiger charge is 2.29. The van der Waals surface area contributed by atoms with Gasteiger partial charge in [0.15, 0.2) is 0 Å². The highest BCUT2D eigenvalue weighted by Crippen LogP contribution is 2.36. The molecule has 3 nitrogen and oxygen atoms in total. The van der Waals surface area contributed by atoms with Crippen LogP contribution < -0.4 is 9.64 Å². The summed E-state index contributed by atoms with van der Waals surface area (Å²) in [6.07, 6.45) is 3.92. The van der Waals surface area contributed by atoms with E-state index in [1.54, 1.807) is 0 Å². The first kappa shape index (κ1) is 20.7. The molecule has 4 heteroatoms. The van der Waals surface area contributed by atoms with Crippen LogP contribution in [0, 0.1) is 5.92 Å². The molecule has 2 aromatic carbocycles. The molecule has 0 amide bonds. The van der Waals surface area contributed by atoms with Gasteiger partial charge in [0, 0.05) is 36.2 Å².